The average molecular weight is 408 g/mol. The van der Waals surface area contributed by atoms with Crippen LogP contribution in [0.25, 0.3) is 0 Å². The molecule has 0 aliphatic heterocycles. The van der Waals surface area contributed by atoms with Gasteiger partial charge in [-0.2, -0.15) is 0 Å². The molecular weight excluding hydrogens is 392 g/mol. The Labute approximate surface area is 146 Å². The molecule has 0 saturated carbocycles. The van der Waals surface area contributed by atoms with Crippen LogP contribution in [0.5, 0.6) is 5.75 Å². The van der Waals surface area contributed by atoms with Crippen molar-refractivity contribution in [3.05, 3.63) is 27.7 Å². The maximum absolute atomic E-state index is 11.5. The number of halogens is 2. The summed E-state index contributed by atoms with van der Waals surface area (Å²) in [5, 5.41) is 5.36. The molecule has 1 rings (SSSR count). The summed E-state index contributed by atoms with van der Waals surface area (Å²) < 4.78 is 10.6. The number of ether oxygens (including phenoxy) is 2. The van der Waals surface area contributed by atoms with E-state index in [0.29, 0.717) is 21.8 Å². The van der Waals surface area contributed by atoms with Crippen molar-refractivity contribution < 1.29 is 23.9 Å². The lowest BCUT2D eigenvalue weighted by Crippen LogP contribution is -2.38. The van der Waals surface area contributed by atoms with E-state index in [0.717, 1.165) is 0 Å². The molecule has 7 nitrogen and oxygen atoms in total. The number of esters is 1. The molecule has 0 radical (unpaired) electrons. The summed E-state index contributed by atoms with van der Waals surface area (Å²) in [6.07, 6.45) is 0. The summed E-state index contributed by atoms with van der Waals surface area (Å²) in [6.45, 7) is 1.23. The minimum atomic E-state index is -0.708. The number of carbonyl (C=O) groups excluding carboxylic acids is 3. The normalized spacial score (nSPS) is 9.87. The van der Waals surface area contributed by atoms with Crippen LogP contribution >= 0.6 is 27.5 Å². The Hall–Kier alpha value is -1.80. The SMILES string of the molecule is CCNC(=O)CNC(=O)COC(=O)COc1ccc(Cl)cc1Br. The van der Waals surface area contributed by atoms with E-state index >= 15 is 0 Å². The second-order valence-corrected chi connectivity index (χ2v) is 5.55. The number of carbonyl (C=O) groups is 3. The fraction of sp³-hybridized carbons (Fsp3) is 0.357. The molecule has 126 valence electrons. The van der Waals surface area contributed by atoms with Crippen LogP contribution in [-0.2, 0) is 19.1 Å². The molecular formula is C14H16BrClN2O5. The van der Waals surface area contributed by atoms with Gasteiger partial charge in [-0.25, -0.2) is 4.79 Å². The van der Waals surface area contributed by atoms with Crippen molar-refractivity contribution in [3.8, 4) is 5.75 Å². The van der Waals surface area contributed by atoms with E-state index in [-0.39, 0.29) is 19.1 Å². The molecule has 0 unspecified atom stereocenters. The number of amides is 2. The van der Waals surface area contributed by atoms with Gasteiger partial charge in [0.15, 0.2) is 13.2 Å². The highest BCUT2D eigenvalue weighted by atomic mass is 79.9. The van der Waals surface area contributed by atoms with Crippen molar-refractivity contribution in [2.45, 2.75) is 6.92 Å². The zero-order valence-corrected chi connectivity index (χ0v) is 14.7. The minimum absolute atomic E-state index is 0.168. The summed E-state index contributed by atoms with van der Waals surface area (Å²) in [5.41, 5.74) is 0. The molecule has 23 heavy (non-hydrogen) atoms. The van der Waals surface area contributed by atoms with Gasteiger partial charge in [-0.05, 0) is 41.1 Å². The van der Waals surface area contributed by atoms with Gasteiger partial charge in [-0.1, -0.05) is 11.6 Å². The molecule has 0 fully saturated rings. The molecule has 0 aliphatic rings. The van der Waals surface area contributed by atoms with Gasteiger partial charge in [0.25, 0.3) is 5.91 Å². The highest BCUT2D eigenvalue weighted by molar-refractivity contribution is 9.10. The quantitative estimate of drug-likeness (QED) is 0.633. The third kappa shape index (κ3) is 7.85. The standard InChI is InChI=1S/C14H16BrClN2O5/c1-2-17-12(19)6-18-13(20)7-23-14(21)8-22-11-4-3-9(16)5-10(11)15/h3-5H,2,6-8H2,1H3,(H,17,19)(H,18,20). The Morgan fingerprint density at radius 2 is 1.91 bits per heavy atom. The first kappa shape index (κ1) is 19.2. The Balaban J connectivity index is 2.26. The number of benzene rings is 1. The van der Waals surface area contributed by atoms with Crippen LogP contribution in [0.15, 0.2) is 22.7 Å². The largest absolute Gasteiger partial charge is 0.481 e. The van der Waals surface area contributed by atoms with E-state index in [9.17, 15) is 14.4 Å². The van der Waals surface area contributed by atoms with Crippen LogP contribution in [0, 0.1) is 0 Å². The predicted octanol–water partition coefficient (Wildman–Crippen LogP) is 1.28. The third-order valence-corrected chi connectivity index (χ3v) is 3.28. The molecule has 0 saturated heterocycles. The Morgan fingerprint density at radius 1 is 1.17 bits per heavy atom. The second kappa shape index (κ2) is 10.1. The van der Waals surface area contributed by atoms with Crippen molar-refractivity contribution in [2.24, 2.45) is 0 Å². The lowest BCUT2D eigenvalue weighted by Gasteiger charge is -2.09. The van der Waals surface area contributed by atoms with E-state index in [4.69, 9.17) is 21.1 Å². The highest BCUT2D eigenvalue weighted by Gasteiger charge is 2.10. The van der Waals surface area contributed by atoms with Gasteiger partial charge >= 0.3 is 5.97 Å². The molecule has 1 aromatic rings. The third-order valence-electron chi connectivity index (χ3n) is 2.42. The average Bonchev–Trinajstić information content (AvgIpc) is 2.50. The molecule has 0 atom stereocenters. The van der Waals surface area contributed by atoms with Crippen molar-refractivity contribution in [1.29, 1.82) is 0 Å². The second-order valence-electron chi connectivity index (χ2n) is 4.25. The number of rotatable bonds is 8. The molecule has 2 amide bonds. The Morgan fingerprint density at radius 3 is 2.57 bits per heavy atom. The van der Waals surface area contributed by atoms with Crippen molar-refractivity contribution in [3.63, 3.8) is 0 Å². The van der Waals surface area contributed by atoms with Gasteiger partial charge in [0.1, 0.15) is 5.75 Å². The summed E-state index contributed by atoms with van der Waals surface area (Å²) >= 11 is 9.03. The smallest absolute Gasteiger partial charge is 0.344 e. The van der Waals surface area contributed by atoms with Crippen molar-refractivity contribution in [1.82, 2.24) is 10.6 Å². The summed E-state index contributed by atoms with van der Waals surface area (Å²) in [6, 6.07) is 4.83. The summed E-state index contributed by atoms with van der Waals surface area (Å²) in [7, 11) is 0. The number of nitrogens with one attached hydrogen (secondary N) is 2. The first-order chi connectivity index (χ1) is 10.9. The lowest BCUT2D eigenvalue weighted by molar-refractivity contribution is -0.150. The molecule has 2 N–H and O–H groups in total. The number of likely N-dealkylation sites (N-methyl/N-ethyl adjacent to an activating group) is 1. The first-order valence-electron chi connectivity index (χ1n) is 6.69. The van der Waals surface area contributed by atoms with Crippen LogP contribution in [0.1, 0.15) is 6.92 Å². The zero-order valence-electron chi connectivity index (χ0n) is 12.4. The fourth-order valence-electron chi connectivity index (χ4n) is 1.41. The van der Waals surface area contributed by atoms with Gasteiger partial charge in [-0.3, -0.25) is 9.59 Å². The maximum atomic E-state index is 11.5. The van der Waals surface area contributed by atoms with Crippen LogP contribution in [-0.4, -0.2) is 44.1 Å². The highest BCUT2D eigenvalue weighted by Crippen LogP contribution is 2.27. The fourth-order valence-corrected chi connectivity index (χ4v) is 2.20. The monoisotopic (exact) mass is 406 g/mol. The van der Waals surface area contributed by atoms with Crippen LogP contribution in [0.4, 0.5) is 0 Å². The van der Waals surface area contributed by atoms with Gasteiger partial charge in [-0.15, -0.1) is 0 Å². The van der Waals surface area contributed by atoms with Gasteiger partial charge in [0.2, 0.25) is 5.91 Å². The molecule has 0 aliphatic carbocycles. The molecule has 0 bridgehead atoms. The molecule has 1 aromatic carbocycles. The van der Waals surface area contributed by atoms with Crippen LogP contribution in [0.3, 0.4) is 0 Å². The number of hydrogen-bond donors (Lipinski definition) is 2. The van der Waals surface area contributed by atoms with Gasteiger partial charge < -0.3 is 20.1 Å². The topological polar surface area (TPSA) is 93.7 Å². The molecule has 0 aromatic heterocycles. The Bertz CT molecular complexity index is 582. The van der Waals surface area contributed by atoms with E-state index in [1.54, 1.807) is 25.1 Å². The van der Waals surface area contributed by atoms with E-state index in [1.165, 1.54) is 0 Å². The zero-order chi connectivity index (χ0) is 17.2. The van der Waals surface area contributed by atoms with E-state index in [2.05, 4.69) is 26.6 Å². The first-order valence-corrected chi connectivity index (χ1v) is 7.86. The molecule has 0 spiro atoms. The maximum Gasteiger partial charge on any atom is 0.344 e. The Kier molecular flexibility index (Phi) is 8.42. The lowest BCUT2D eigenvalue weighted by atomic mass is 10.3. The summed E-state index contributed by atoms with van der Waals surface area (Å²) in [5.74, 6) is -1.17. The summed E-state index contributed by atoms with van der Waals surface area (Å²) in [4.78, 5) is 34.0. The van der Waals surface area contributed by atoms with Crippen molar-refractivity contribution >= 4 is 45.3 Å². The van der Waals surface area contributed by atoms with Gasteiger partial charge in [0, 0.05) is 11.6 Å². The van der Waals surface area contributed by atoms with Gasteiger partial charge in [0.05, 0.1) is 11.0 Å². The van der Waals surface area contributed by atoms with Crippen LogP contribution in [0.2, 0.25) is 5.02 Å². The molecule has 9 heteroatoms. The van der Waals surface area contributed by atoms with Crippen molar-refractivity contribution in [2.75, 3.05) is 26.3 Å². The van der Waals surface area contributed by atoms with Crippen LogP contribution < -0.4 is 15.4 Å². The molecule has 0 heterocycles. The predicted molar refractivity (Wildman–Crippen MR) is 87.3 cm³/mol. The van der Waals surface area contributed by atoms with E-state index < -0.39 is 18.5 Å². The van der Waals surface area contributed by atoms with E-state index in [1.807, 2.05) is 0 Å². The minimum Gasteiger partial charge on any atom is -0.481 e. The number of hydrogen-bond acceptors (Lipinski definition) is 5.